The van der Waals surface area contributed by atoms with Gasteiger partial charge in [-0.3, -0.25) is 9.59 Å². The third kappa shape index (κ3) is 5.87. The summed E-state index contributed by atoms with van der Waals surface area (Å²) in [5.41, 5.74) is 1.11. The van der Waals surface area contributed by atoms with E-state index in [4.69, 9.17) is 13.9 Å². The lowest BCUT2D eigenvalue weighted by molar-refractivity contribution is -0.118. The van der Waals surface area contributed by atoms with Gasteiger partial charge in [0.1, 0.15) is 11.5 Å². The number of amides is 2. The van der Waals surface area contributed by atoms with Crippen molar-refractivity contribution < 1.29 is 23.5 Å². The molecule has 0 fully saturated rings. The van der Waals surface area contributed by atoms with E-state index in [1.807, 2.05) is 26.0 Å². The van der Waals surface area contributed by atoms with Gasteiger partial charge in [0.05, 0.1) is 18.1 Å². The van der Waals surface area contributed by atoms with E-state index in [9.17, 15) is 9.59 Å². The zero-order valence-corrected chi connectivity index (χ0v) is 16.2. The van der Waals surface area contributed by atoms with Crippen molar-refractivity contribution in [3.05, 3.63) is 72.7 Å². The van der Waals surface area contributed by atoms with E-state index in [0.29, 0.717) is 22.9 Å². The molecule has 3 rings (SSSR count). The Morgan fingerprint density at radius 1 is 1.00 bits per heavy atom. The van der Waals surface area contributed by atoms with Crippen LogP contribution >= 0.6 is 0 Å². The predicted molar refractivity (Wildman–Crippen MR) is 109 cm³/mol. The largest absolute Gasteiger partial charge is 0.489 e. The highest BCUT2D eigenvalue weighted by molar-refractivity contribution is 6.02. The van der Waals surface area contributed by atoms with Crippen molar-refractivity contribution in [1.82, 2.24) is 0 Å². The Kier molecular flexibility index (Phi) is 6.52. The first-order valence-corrected chi connectivity index (χ1v) is 9.14. The van der Waals surface area contributed by atoms with E-state index in [1.165, 1.54) is 6.26 Å². The zero-order valence-electron chi connectivity index (χ0n) is 16.2. The van der Waals surface area contributed by atoms with Gasteiger partial charge in [0, 0.05) is 11.8 Å². The molecule has 0 aliphatic carbocycles. The van der Waals surface area contributed by atoms with Gasteiger partial charge in [-0.25, -0.2) is 0 Å². The van der Waals surface area contributed by atoms with Crippen molar-refractivity contribution in [2.24, 2.45) is 0 Å². The van der Waals surface area contributed by atoms with Crippen molar-refractivity contribution in [3.63, 3.8) is 0 Å². The molecule has 0 radical (unpaired) electrons. The van der Waals surface area contributed by atoms with E-state index in [0.717, 1.165) is 0 Å². The summed E-state index contributed by atoms with van der Waals surface area (Å²) in [5.74, 6) is 0.557. The third-order valence-corrected chi connectivity index (χ3v) is 3.73. The summed E-state index contributed by atoms with van der Waals surface area (Å²) in [6, 6.07) is 17.2. The van der Waals surface area contributed by atoms with Gasteiger partial charge in [-0.05, 0) is 50.2 Å². The first kappa shape index (κ1) is 20.0. The molecule has 2 amide bonds. The number of rotatable bonds is 8. The number of furan rings is 1. The number of nitrogens with one attached hydrogen (secondary N) is 2. The van der Waals surface area contributed by atoms with Crippen molar-refractivity contribution in [2.45, 2.75) is 20.0 Å². The van der Waals surface area contributed by atoms with Crippen LogP contribution in [-0.4, -0.2) is 24.5 Å². The average Bonchev–Trinajstić information content (AvgIpc) is 3.23. The fraction of sp³-hybridized carbons (Fsp3) is 0.182. The van der Waals surface area contributed by atoms with E-state index < -0.39 is 0 Å². The molecule has 3 aromatic rings. The number of hydrogen-bond donors (Lipinski definition) is 2. The van der Waals surface area contributed by atoms with E-state index in [2.05, 4.69) is 10.6 Å². The summed E-state index contributed by atoms with van der Waals surface area (Å²) in [6.45, 7) is 3.64. The van der Waals surface area contributed by atoms with Crippen LogP contribution in [0.1, 0.15) is 24.4 Å². The lowest BCUT2D eigenvalue weighted by atomic mass is 10.3. The number of para-hydroxylation sites is 2. The van der Waals surface area contributed by atoms with Gasteiger partial charge in [0.2, 0.25) is 0 Å². The van der Waals surface area contributed by atoms with E-state index in [-0.39, 0.29) is 30.3 Å². The number of ether oxygens (including phenoxy) is 2. The highest BCUT2D eigenvalue weighted by Crippen LogP contribution is 2.25. The standard InChI is InChI=1S/C22H22N2O5/c1-15(2)29-19-10-4-3-9-18(19)24-21(25)14-28-17-8-5-7-16(13-17)23-22(26)20-11-6-12-27-20/h3-13,15H,14H2,1-2H3,(H,23,26)(H,24,25). The van der Waals surface area contributed by atoms with Gasteiger partial charge < -0.3 is 24.5 Å². The second-order valence-electron chi connectivity index (χ2n) is 6.46. The maximum Gasteiger partial charge on any atom is 0.291 e. The summed E-state index contributed by atoms with van der Waals surface area (Å²) < 4.78 is 16.3. The Hall–Kier alpha value is -3.74. The summed E-state index contributed by atoms with van der Waals surface area (Å²) in [6.07, 6.45) is 1.42. The predicted octanol–water partition coefficient (Wildman–Crippen LogP) is 4.34. The smallest absolute Gasteiger partial charge is 0.291 e. The minimum atomic E-state index is -0.369. The molecule has 0 bridgehead atoms. The van der Waals surface area contributed by atoms with Gasteiger partial charge in [-0.1, -0.05) is 18.2 Å². The minimum Gasteiger partial charge on any atom is -0.489 e. The van der Waals surface area contributed by atoms with Crippen LogP contribution in [-0.2, 0) is 4.79 Å². The van der Waals surface area contributed by atoms with Crippen molar-refractivity contribution in [1.29, 1.82) is 0 Å². The second-order valence-corrected chi connectivity index (χ2v) is 6.46. The molecule has 0 aliphatic rings. The molecule has 29 heavy (non-hydrogen) atoms. The molecular formula is C22H22N2O5. The Labute approximate surface area is 168 Å². The number of anilines is 2. The molecule has 2 aromatic carbocycles. The van der Waals surface area contributed by atoms with Crippen LogP contribution < -0.4 is 20.1 Å². The highest BCUT2D eigenvalue weighted by atomic mass is 16.5. The van der Waals surface area contributed by atoms with Gasteiger partial charge in [-0.15, -0.1) is 0 Å². The Balaban J connectivity index is 1.56. The van der Waals surface area contributed by atoms with E-state index >= 15 is 0 Å². The van der Waals surface area contributed by atoms with Crippen LogP contribution in [0.15, 0.2) is 71.3 Å². The molecule has 0 unspecified atom stereocenters. The molecule has 1 aromatic heterocycles. The summed E-state index contributed by atoms with van der Waals surface area (Å²) in [4.78, 5) is 24.3. The normalized spacial score (nSPS) is 10.4. The first-order chi connectivity index (χ1) is 14.0. The van der Waals surface area contributed by atoms with Gasteiger partial charge in [-0.2, -0.15) is 0 Å². The Morgan fingerprint density at radius 3 is 2.59 bits per heavy atom. The number of carbonyl (C=O) groups excluding carboxylic acids is 2. The van der Waals surface area contributed by atoms with Gasteiger partial charge >= 0.3 is 0 Å². The molecular weight excluding hydrogens is 372 g/mol. The SMILES string of the molecule is CC(C)Oc1ccccc1NC(=O)COc1cccc(NC(=O)c2ccco2)c1. The van der Waals surface area contributed by atoms with Crippen molar-refractivity contribution >= 4 is 23.2 Å². The second kappa shape index (κ2) is 9.45. The fourth-order valence-corrected chi connectivity index (χ4v) is 2.53. The van der Waals surface area contributed by atoms with Crippen molar-refractivity contribution in [3.8, 4) is 11.5 Å². The lowest BCUT2D eigenvalue weighted by Gasteiger charge is -2.15. The monoisotopic (exact) mass is 394 g/mol. The molecule has 7 nitrogen and oxygen atoms in total. The maximum absolute atomic E-state index is 12.3. The molecule has 2 N–H and O–H groups in total. The Bertz CT molecular complexity index is 967. The van der Waals surface area contributed by atoms with Crippen LogP contribution in [0.3, 0.4) is 0 Å². The highest BCUT2D eigenvalue weighted by Gasteiger charge is 2.11. The molecule has 0 atom stereocenters. The van der Waals surface area contributed by atoms with Crippen LogP contribution in [0.25, 0.3) is 0 Å². The third-order valence-electron chi connectivity index (χ3n) is 3.73. The minimum absolute atomic E-state index is 0.0107. The van der Waals surface area contributed by atoms with Crippen molar-refractivity contribution in [2.75, 3.05) is 17.2 Å². The number of benzene rings is 2. The maximum atomic E-state index is 12.3. The quantitative estimate of drug-likeness (QED) is 0.593. The van der Waals surface area contributed by atoms with Gasteiger partial charge in [0.25, 0.3) is 11.8 Å². The number of carbonyl (C=O) groups is 2. The Morgan fingerprint density at radius 2 is 1.83 bits per heavy atom. The summed E-state index contributed by atoms with van der Waals surface area (Å²) in [5, 5.41) is 5.49. The molecule has 0 saturated carbocycles. The molecule has 1 heterocycles. The van der Waals surface area contributed by atoms with Crippen LogP contribution in [0.2, 0.25) is 0 Å². The van der Waals surface area contributed by atoms with E-state index in [1.54, 1.807) is 48.5 Å². The first-order valence-electron chi connectivity index (χ1n) is 9.14. The molecule has 150 valence electrons. The number of hydrogen-bond acceptors (Lipinski definition) is 5. The fourth-order valence-electron chi connectivity index (χ4n) is 2.53. The average molecular weight is 394 g/mol. The molecule has 0 spiro atoms. The summed E-state index contributed by atoms with van der Waals surface area (Å²) >= 11 is 0. The molecule has 0 aliphatic heterocycles. The van der Waals surface area contributed by atoms with Crippen LogP contribution in [0.4, 0.5) is 11.4 Å². The van der Waals surface area contributed by atoms with Crippen LogP contribution in [0, 0.1) is 0 Å². The van der Waals surface area contributed by atoms with Gasteiger partial charge in [0.15, 0.2) is 12.4 Å². The van der Waals surface area contributed by atoms with Crippen LogP contribution in [0.5, 0.6) is 11.5 Å². The zero-order chi connectivity index (χ0) is 20.6. The molecule has 0 saturated heterocycles. The summed E-state index contributed by atoms with van der Waals surface area (Å²) in [7, 11) is 0. The topological polar surface area (TPSA) is 89.8 Å². The molecule has 7 heteroatoms. The lowest BCUT2D eigenvalue weighted by Crippen LogP contribution is -2.21.